The van der Waals surface area contributed by atoms with Crippen LogP contribution in [0.4, 0.5) is 0 Å². The van der Waals surface area contributed by atoms with E-state index < -0.39 is 0 Å². The molecule has 0 amide bonds. The van der Waals surface area contributed by atoms with Crippen molar-refractivity contribution in [2.24, 2.45) is 11.3 Å². The monoisotopic (exact) mass is 241 g/mol. The fraction of sp³-hybridized carbons (Fsp3) is 1.00. The second kappa shape index (κ2) is 5.25. The number of aliphatic hydroxyl groups is 1. The molecule has 1 aliphatic carbocycles. The van der Waals surface area contributed by atoms with Crippen molar-refractivity contribution in [3.63, 3.8) is 0 Å². The van der Waals surface area contributed by atoms with Gasteiger partial charge >= 0.3 is 0 Å². The zero-order chi connectivity index (χ0) is 12.5. The topological polar surface area (TPSA) is 32.7 Å². The van der Waals surface area contributed by atoms with Gasteiger partial charge in [-0.05, 0) is 31.1 Å². The van der Waals surface area contributed by atoms with Crippen molar-refractivity contribution >= 4 is 0 Å². The maximum Gasteiger partial charge on any atom is 0.0674 e. The molecule has 1 heterocycles. The fourth-order valence-electron chi connectivity index (χ4n) is 3.34. The zero-order valence-electron chi connectivity index (χ0n) is 11.5. The lowest BCUT2D eigenvalue weighted by atomic mass is 9.69. The van der Waals surface area contributed by atoms with Crippen LogP contribution in [0.3, 0.4) is 0 Å². The SMILES string of the molecule is CC1CN(CC2CCCC(C)(C)C2O)CCO1. The Balaban J connectivity index is 1.89. The van der Waals surface area contributed by atoms with Gasteiger partial charge in [-0.15, -0.1) is 0 Å². The number of hydrogen-bond donors (Lipinski definition) is 1. The fourth-order valence-corrected chi connectivity index (χ4v) is 3.34. The lowest BCUT2D eigenvalue weighted by molar-refractivity contribution is -0.0661. The van der Waals surface area contributed by atoms with Crippen LogP contribution in [0.5, 0.6) is 0 Å². The summed E-state index contributed by atoms with van der Waals surface area (Å²) in [4.78, 5) is 2.46. The first-order valence-electron chi connectivity index (χ1n) is 7.01. The van der Waals surface area contributed by atoms with E-state index in [0.29, 0.717) is 12.0 Å². The first kappa shape index (κ1) is 13.3. The van der Waals surface area contributed by atoms with Crippen molar-refractivity contribution in [3.8, 4) is 0 Å². The van der Waals surface area contributed by atoms with Crippen molar-refractivity contribution < 1.29 is 9.84 Å². The highest BCUT2D eigenvalue weighted by Gasteiger charge is 2.38. The van der Waals surface area contributed by atoms with Crippen LogP contribution < -0.4 is 0 Å². The predicted octanol–water partition coefficient (Wildman–Crippen LogP) is 1.89. The molecule has 3 unspecified atom stereocenters. The molecule has 0 radical (unpaired) electrons. The van der Waals surface area contributed by atoms with Crippen molar-refractivity contribution in [2.75, 3.05) is 26.2 Å². The lowest BCUT2D eigenvalue weighted by Gasteiger charge is -2.43. The molecule has 2 rings (SSSR count). The first-order valence-corrected chi connectivity index (χ1v) is 7.01. The number of rotatable bonds is 2. The third-order valence-electron chi connectivity index (χ3n) is 4.46. The van der Waals surface area contributed by atoms with E-state index in [9.17, 15) is 5.11 Å². The van der Waals surface area contributed by atoms with Gasteiger partial charge in [0.05, 0.1) is 18.8 Å². The van der Waals surface area contributed by atoms with Crippen LogP contribution in [0, 0.1) is 11.3 Å². The number of aliphatic hydroxyl groups excluding tert-OH is 1. The molecule has 1 saturated heterocycles. The minimum Gasteiger partial charge on any atom is -0.392 e. The van der Waals surface area contributed by atoms with Crippen LogP contribution in [-0.2, 0) is 4.74 Å². The largest absolute Gasteiger partial charge is 0.392 e. The molecule has 0 aromatic carbocycles. The Hall–Kier alpha value is -0.120. The minimum atomic E-state index is -0.144. The van der Waals surface area contributed by atoms with E-state index >= 15 is 0 Å². The van der Waals surface area contributed by atoms with E-state index in [1.165, 1.54) is 12.8 Å². The zero-order valence-corrected chi connectivity index (χ0v) is 11.5. The summed E-state index contributed by atoms with van der Waals surface area (Å²) in [5.74, 6) is 0.448. The van der Waals surface area contributed by atoms with Crippen molar-refractivity contribution in [1.82, 2.24) is 4.90 Å². The molecule has 1 N–H and O–H groups in total. The molecule has 1 saturated carbocycles. The summed E-state index contributed by atoms with van der Waals surface area (Å²) in [5, 5.41) is 10.4. The van der Waals surface area contributed by atoms with E-state index in [-0.39, 0.29) is 11.5 Å². The van der Waals surface area contributed by atoms with Gasteiger partial charge in [-0.1, -0.05) is 20.3 Å². The first-order chi connectivity index (χ1) is 7.99. The molecule has 0 bridgehead atoms. The molecule has 0 aromatic heterocycles. The maximum atomic E-state index is 10.4. The molecular formula is C14H27NO2. The van der Waals surface area contributed by atoms with Crippen molar-refractivity contribution in [2.45, 2.75) is 52.2 Å². The number of ether oxygens (including phenoxy) is 1. The van der Waals surface area contributed by atoms with Gasteiger partial charge in [0.2, 0.25) is 0 Å². The summed E-state index contributed by atoms with van der Waals surface area (Å²) in [6.45, 7) is 10.5. The number of hydrogen-bond acceptors (Lipinski definition) is 3. The van der Waals surface area contributed by atoms with Crippen LogP contribution >= 0.6 is 0 Å². The molecule has 17 heavy (non-hydrogen) atoms. The van der Waals surface area contributed by atoms with Crippen molar-refractivity contribution in [1.29, 1.82) is 0 Å². The predicted molar refractivity (Wildman–Crippen MR) is 69.0 cm³/mol. The summed E-state index contributed by atoms with van der Waals surface area (Å²) in [7, 11) is 0. The Kier molecular flexibility index (Phi) is 4.11. The third-order valence-corrected chi connectivity index (χ3v) is 4.46. The van der Waals surface area contributed by atoms with E-state index in [4.69, 9.17) is 4.74 Å². The number of morpholine rings is 1. The van der Waals surface area contributed by atoms with Crippen LogP contribution in [0.15, 0.2) is 0 Å². The Bertz CT molecular complexity index is 255. The Morgan fingerprint density at radius 1 is 1.41 bits per heavy atom. The molecule has 3 atom stereocenters. The molecule has 0 aromatic rings. The molecular weight excluding hydrogens is 214 g/mol. The van der Waals surface area contributed by atoms with Crippen molar-refractivity contribution in [3.05, 3.63) is 0 Å². The average molecular weight is 241 g/mol. The standard InChI is InChI=1S/C14H27NO2/c1-11-9-15(7-8-17-11)10-12-5-4-6-14(2,3)13(12)16/h11-13,16H,4-10H2,1-3H3. The van der Waals surface area contributed by atoms with Gasteiger partial charge in [-0.25, -0.2) is 0 Å². The van der Waals surface area contributed by atoms with Crippen LogP contribution in [0.1, 0.15) is 40.0 Å². The quantitative estimate of drug-likeness (QED) is 0.801. The van der Waals surface area contributed by atoms with Gasteiger partial charge in [-0.2, -0.15) is 0 Å². The molecule has 1 aliphatic heterocycles. The molecule has 100 valence electrons. The summed E-state index contributed by atoms with van der Waals surface area (Å²) in [6.07, 6.45) is 3.79. The van der Waals surface area contributed by atoms with E-state index in [1.54, 1.807) is 0 Å². The molecule has 2 fully saturated rings. The van der Waals surface area contributed by atoms with E-state index in [1.807, 2.05) is 0 Å². The van der Waals surface area contributed by atoms with E-state index in [2.05, 4.69) is 25.7 Å². The molecule has 2 aliphatic rings. The van der Waals surface area contributed by atoms with Gasteiger partial charge in [0.1, 0.15) is 0 Å². The van der Waals surface area contributed by atoms with Crippen LogP contribution in [0.2, 0.25) is 0 Å². The van der Waals surface area contributed by atoms with Gasteiger partial charge < -0.3 is 9.84 Å². The van der Waals surface area contributed by atoms with Gasteiger partial charge in [0.25, 0.3) is 0 Å². The highest BCUT2D eigenvalue weighted by atomic mass is 16.5. The normalized spacial score (nSPS) is 39.2. The summed E-state index contributed by atoms with van der Waals surface area (Å²) < 4.78 is 5.56. The Morgan fingerprint density at radius 3 is 2.88 bits per heavy atom. The molecule has 3 heteroatoms. The summed E-state index contributed by atoms with van der Waals surface area (Å²) in [5.41, 5.74) is 0.0980. The van der Waals surface area contributed by atoms with Gasteiger partial charge in [0.15, 0.2) is 0 Å². The smallest absolute Gasteiger partial charge is 0.0674 e. The Labute approximate surface area is 105 Å². The number of nitrogens with zero attached hydrogens (tertiary/aromatic N) is 1. The second-order valence-electron chi connectivity index (χ2n) is 6.53. The summed E-state index contributed by atoms with van der Waals surface area (Å²) in [6, 6.07) is 0. The molecule has 3 nitrogen and oxygen atoms in total. The average Bonchev–Trinajstić information content (AvgIpc) is 2.25. The molecule has 0 spiro atoms. The maximum absolute atomic E-state index is 10.4. The summed E-state index contributed by atoms with van der Waals surface area (Å²) >= 11 is 0. The highest BCUT2D eigenvalue weighted by Crippen LogP contribution is 2.39. The van der Waals surface area contributed by atoms with Gasteiger partial charge in [0, 0.05) is 19.6 Å². The minimum absolute atomic E-state index is 0.0980. The Morgan fingerprint density at radius 2 is 2.18 bits per heavy atom. The van der Waals surface area contributed by atoms with Gasteiger partial charge in [-0.3, -0.25) is 4.90 Å². The van der Waals surface area contributed by atoms with Crippen LogP contribution in [0.25, 0.3) is 0 Å². The third kappa shape index (κ3) is 3.21. The van der Waals surface area contributed by atoms with E-state index in [0.717, 1.165) is 32.7 Å². The van der Waals surface area contributed by atoms with Crippen LogP contribution in [-0.4, -0.2) is 48.5 Å². The second-order valence-corrected chi connectivity index (χ2v) is 6.53. The lowest BCUT2D eigenvalue weighted by Crippen LogP contribution is -2.49. The highest BCUT2D eigenvalue weighted by molar-refractivity contribution is 4.89.